The fourth-order valence-electron chi connectivity index (χ4n) is 4.65. The highest BCUT2D eigenvalue weighted by molar-refractivity contribution is 7.15. The number of benzene rings is 1. The summed E-state index contributed by atoms with van der Waals surface area (Å²) in [4.78, 5) is 8.56. The quantitative estimate of drug-likeness (QED) is 0.532. The first-order valence-electron chi connectivity index (χ1n) is 10.3. The Morgan fingerprint density at radius 3 is 2.61 bits per heavy atom. The van der Waals surface area contributed by atoms with Crippen LogP contribution in [0.4, 0.5) is 0 Å². The van der Waals surface area contributed by atoms with Crippen LogP contribution in [0.25, 0.3) is 21.5 Å². The van der Waals surface area contributed by atoms with Gasteiger partial charge in [0, 0.05) is 34.1 Å². The van der Waals surface area contributed by atoms with Crippen molar-refractivity contribution in [1.82, 2.24) is 14.5 Å². The van der Waals surface area contributed by atoms with Gasteiger partial charge in [-0.2, -0.15) is 0 Å². The first-order chi connectivity index (χ1) is 13.5. The van der Waals surface area contributed by atoms with Crippen molar-refractivity contribution in [2.24, 2.45) is 0 Å². The van der Waals surface area contributed by atoms with Gasteiger partial charge in [-0.05, 0) is 46.9 Å². The van der Waals surface area contributed by atoms with Crippen LogP contribution in [-0.4, -0.2) is 35.7 Å². The Hall–Kier alpha value is -1.85. The zero-order valence-corrected chi connectivity index (χ0v) is 18.5. The zero-order valence-electron chi connectivity index (χ0n) is 17.7. The highest BCUT2D eigenvalue weighted by Crippen LogP contribution is 2.44. The number of fused-ring (bicyclic) bond motifs is 1. The molecule has 5 heteroatoms. The standard InChI is InChI=1S/C23H31N3OS/c1-15-20(14-25(3)4)28-23(24-15)21-16(2)26(17-10-7-6-8-11-17)22-18(21)12-9-13-19(22)27-5/h9,12-13,17H,6-8,10-11,14H2,1-5H3. The molecule has 1 fully saturated rings. The third-order valence-corrected chi connectivity index (χ3v) is 7.12. The van der Waals surface area contributed by atoms with Crippen LogP contribution >= 0.6 is 11.3 Å². The minimum Gasteiger partial charge on any atom is -0.495 e. The summed E-state index contributed by atoms with van der Waals surface area (Å²) in [6, 6.07) is 7.00. The molecule has 0 spiro atoms. The molecule has 0 amide bonds. The van der Waals surface area contributed by atoms with Gasteiger partial charge in [-0.3, -0.25) is 0 Å². The highest BCUT2D eigenvalue weighted by atomic mass is 32.1. The number of para-hydroxylation sites is 1. The summed E-state index contributed by atoms with van der Waals surface area (Å²) in [5.74, 6) is 0.971. The summed E-state index contributed by atoms with van der Waals surface area (Å²) >= 11 is 1.84. The summed E-state index contributed by atoms with van der Waals surface area (Å²) in [7, 11) is 6.01. The van der Waals surface area contributed by atoms with E-state index in [0.29, 0.717) is 6.04 Å². The molecule has 0 saturated heterocycles. The number of ether oxygens (including phenoxy) is 1. The number of methoxy groups -OCH3 is 1. The molecule has 4 nitrogen and oxygen atoms in total. The minimum atomic E-state index is 0.559. The zero-order chi connectivity index (χ0) is 19.8. The third-order valence-electron chi connectivity index (χ3n) is 5.96. The van der Waals surface area contributed by atoms with E-state index in [0.717, 1.165) is 23.0 Å². The van der Waals surface area contributed by atoms with Gasteiger partial charge >= 0.3 is 0 Å². The fourth-order valence-corrected chi connectivity index (χ4v) is 5.95. The molecule has 1 aliphatic carbocycles. The first kappa shape index (κ1) is 19.5. The van der Waals surface area contributed by atoms with E-state index in [1.54, 1.807) is 7.11 Å². The molecular formula is C23H31N3OS. The van der Waals surface area contributed by atoms with Gasteiger partial charge in [-0.25, -0.2) is 4.98 Å². The molecule has 0 atom stereocenters. The number of thiazole rings is 1. The molecule has 150 valence electrons. The van der Waals surface area contributed by atoms with E-state index >= 15 is 0 Å². The molecular weight excluding hydrogens is 366 g/mol. The lowest BCUT2D eigenvalue weighted by Crippen LogP contribution is -2.14. The van der Waals surface area contributed by atoms with E-state index in [1.807, 2.05) is 11.3 Å². The van der Waals surface area contributed by atoms with Gasteiger partial charge in [0.2, 0.25) is 0 Å². The summed E-state index contributed by atoms with van der Waals surface area (Å²) in [6.45, 7) is 5.34. The van der Waals surface area contributed by atoms with Crippen LogP contribution in [0.2, 0.25) is 0 Å². The van der Waals surface area contributed by atoms with Gasteiger partial charge in [0.15, 0.2) is 0 Å². The summed E-state index contributed by atoms with van der Waals surface area (Å²) in [6.07, 6.45) is 6.50. The van der Waals surface area contributed by atoms with Gasteiger partial charge in [-0.1, -0.05) is 31.4 Å². The number of hydrogen-bond acceptors (Lipinski definition) is 4. The van der Waals surface area contributed by atoms with Crippen molar-refractivity contribution >= 4 is 22.2 Å². The molecule has 4 rings (SSSR count). The van der Waals surface area contributed by atoms with Crippen LogP contribution < -0.4 is 4.74 Å². The Morgan fingerprint density at radius 1 is 1.18 bits per heavy atom. The van der Waals surface area contributed by atoms with Crippen molar-refractivity contribution in [3.05, 3.63) is 34.5 Å². The van der Waals surface area contributed by atoms with E-state index in [-0.39, 0.29) is 0 Å². The van der Waals surface area contributed by atoms with Crippen molar-refractivity contribution in [3.8, 4) is 16.3 Å². The molecule has 1 saturated carbocycles. The molecule has 0 unspecified atom stereocenters. The van der Waals surface area contributed by atoms with Gasteiger partial charge < -0.3 is 14.2 Å². The monoisotopic (exact) mass is 397 g/mol. The van der Waals surface area contributed by atoms with Crippen LogP contribution in [0.5, 0.6) is 5.75 Å². The lowest BCUT2D eigenvalue weighted by atomic mass is 9.95. The maximum absolute atomic E-state index is 5.80. The molecule has 2 aromatic heterocycles. The topological polar surface area (TPSA) is 30.3 Å². The molecule has 0 bridgehead atoms. The fraction of sp³-hybridized carbons (Fsp3) is 0.522. The van der Waals surface area contributed by atoms with Gasteiger partial charge in [-0.15, -0.1) is 11.3 Å². The number of hydrogen-bond donors (Lipinski definition) is 0. The second kappa shape index (κ2) is 7.88. The second-order valence-electron chi connectivity index (χ2n) is 8.24. The largest absolute Gasteiger partial charge is 0.495 e. The molecule has 3 aromatic rings. The smallest absolute Gasteiger partial charge is 0.143 e. The number of rotatable bonds is 5. The average molecular weight is 398 g/mol. The van der Waals surface area contributed by atoms with E-state index in [2.05, 4.69) is 55.6 Å². The second-order valence-corrected chi connectivity index (χ2v) is 9.33. The van der Waals surface area contributed by atoms with Crippen molar-refractivity contribution in [1.29, 1.82) is 0 Å². The number of aromatic nitrogens is 2. The normalized spacial score (nSPS) is 15.6. The summed E-state index contributed by atoms with van der Waals surface area (Å²) < 4.78 is 8.36. The van der Waals surface area contributed by atoms with Gasteiger partial charge in [0.05, 0.1) is 18.3 Å². The Morgan fingerprint density at radius 2 is 1.93 bits per heavy atom. The average Bonchev–Trinajstić information content (AvgIpc) is 3.18. The summed E-state index contributed by atoms with van der Waals surface area (Å²) in [5, 5.41) is 2.41. The molecule has 0 N–H and O–H groups in total. The molecule has 28 heavy (non-hydrogen) atoms. The van der Waals surface area contributed by atoms with Crippen LogP contribution in [0.1, 0.15) is 54.4 Å². The van der Waals surface area contributed by atoms with E-state index < -0.39 is 0 Å². The molecule has 2 heterocycles. The lowest BCUT2D eigenvalue weighted by molar-refractivity contribution is 0.352. The number of aryl methyl sites for hydroxylation is 1. The number of nitrogens with zero attached hydrogens (tertiary/aromatic N) is 3. The van der Waals surface area contributed by atoms with Crippen molar-refractivity contribution in [2.45, 2.75) is 58.5 Å². The molecule has 0 aliphatic heterocycles. The van der Waals surface area contributed by atoms with Crippen LogP contribution in [0, 0.1) is 13.8 Å². The van der Waals surface area contributed by atoms with Crippen LogP contribution in [0.3, 0.4) is 0 Å². The summed E-state index contributed by atoms with van der Waals surface area (Å²) in [5.41, 5.74) is 5.01. The maximum atomic E-state index is 5.80. The van der Waals surface area contributed by atoms with Crippen LogP contribution in [-0.2, 0) is 6.54 Å². The maximum Gasteiger partial charge on any atom is 0.143 e. The van der Waals surface area contributed by atoms with E-state index in [9.17, 15) is 0 Å². The van der Waals surface area contributed by atoms with Crippen molar-refractivity contribution in [2.75, 3.05) is 21.2 Å². The first-order valence-corrected chi connectivity index (χ1v) is 11.1. The lowest BCUT2D eigenvalue weighted by Gasteiger charge is -2.26. The predicted octanol–water partition coefficient (Wildman–Crippen LogP) is 5.96. The van der Waals surface area contributed by atoms with E-state index in [1.165, 1.54) is 59.1 Å². The molecule has 1 aromatic carbocycles. The Balaban J connectivity index is 1.93. The van der Waals surface area contributed by atoms with Crippen molar-refractivity contribution < 1.29 is 4.74 Å². The Bertz CT molecular complexity index is 980. The third kappa shape index (κ3) is 3.35. The predicted molar refractivity (Wildman–Crippen MR) is 119 cm³/mol. The van der Waals surface area contributed by atoms with Gasteiger partial charge in [0.1, 0.15) is 10.8 Å². The molecule has 1 aliphatic rings. The Labute approximate surface area is 172 Å². The molecule has 0 radical (unpaired) electrons. The Kier molecular flexibility index (Phi) is 5.48. The highest BCUT2D eigenvalue weighted by Gasteiger charge is 2.26. The SMILES string of the molecule is COc1cccc2c(-c3nc(C)c(CN(C)C)s3)c(C)n(C3CCCCC3)c12. The van der Waals surface area contributed by atoms with Gasteiger partial charge in [0.25, 0.3) is 0 Å². The van der Waals surface area contributed by atoms with Crippen molar-refractivity contribution in [3.63, 3.8) is 0 Å². The minimum absolute atomic E-state index is 0.559. The van der Waals surface area contributed by atoms with E-state index in [4.69, 9.17) is 9.72 Å². The van der Waals surface area contributed by atoms with Crippen LogP contribution in [0.15, 0.2) is 18.2 Å².